The zero-order valence-corrected chi connectivity index (χ0v) is 12.0. The van der Waals surface area contributed by atoms with Crippen LogP contribution in [0.3, 0.4) is 0 Å². The minimum Gasteiger partial charge on any atom is -0.480 e. The molecule has 2 unspecified atom stereocenters. The second-order valence-electron chi connectivity index (χ2n) is 6.49. The summed E-state index contributed by atoms with van der Waals surface area (Å²) in [5, 5.41) is 12.2. The Balaban J connectivity index is 1.62. The third-order valence-electron chi connectivity index (χ3n) is 5.08. The standard InChI is InChI=1S/C14H23N3O3/c1-14(12(18)19,10-4-5-10)15-13(20)17-8-7-16-6-2-3-11(16)9-17/h10-11H,2-9H2,1H3,(H,15,20)(H,18,19). The van der Waals surface area contributed by atoms with Crippen molar-refractivity contribution in [1.82, 2.24) is 15.1 Å². The van der Waals surface area contributed by atoms with Gasteiger partial charge in [0.15, 0.2) is 0 Å². The molecule has 0 bridgehead atoms. The van der Waals surface area contributed by atoms with Gasteiger partial charge in [0.25, 0.3) is 0 Å². The van der Waals surface area contributed by atoms with Crippen molar-refractivity contribution < 1.29 is 14.7 Å². The molecule has 2 aliphatic heterocycles. The number of amides is 2. The van der Waals surface area contributed by atoms with Crippen LogP contribution in [0.1, 0.15) is 32.6 Å². The highest BCUT2D eigenvalue weighted by molar-refractivity contribution is 5.86. The molecular formula is C14H23N3O3. The van der Waals surface area contributed by atoms with Crippen LogP contribution in [0.4, 0.5) is 4.79 Å². The molecule has 3 fully saturated rings. The Morgan fingerprint density at radius 3 is 2.60 bits per heavy atom. The fraction of sp³-hybridized carbons (Fsp3) is 0.857. The molecule has 2 heterocycles. The fourth-order valence-corrected chi connectivity index (χ4v) is 3.47. The molecule has 0 spiro atoms. The average molecular weight is 281 g/mol. The maximum absolute atomic E-state index is 12.4. The molecule has 0 radical (unpaired) electrons. The van der Waals surface area contributed by atoms with E-state index in [1.165, 1.54) is 6.42 Å². The maximum Gasteiger partial charge on any atom is 0.329 e. The predicted molar refractivity (Wildman–Crippen MR) is 73.5 cm³/mol. The molecule has 2 amide bonds. The SMILES string of the molecule is CC(NC(=O)N1CCN2CCCC2C1)(C(=O)O)C1CC1. The maximum atomic E-state index is 12.4. The van der Waals surface area contributed by atoms with Gasteiger partial charge in [-0.1, -0.05) is 0 Å². The van der Waals surface area contributed by atoms with E-state index in [2.05, 4.69) is 10.2 Å². The van der Waals surface area contributed by atoms with E-state index in [1.807, 2.05) is 0 Å². The molecule has 3 rings (SSSR count). The molecule has 2 saturated heterocycles. The van der Waals surface area contributed by atoms with Gasteiger partial charge in [0.1, 0.15) is 5.54 Å². The first-order valence-corrected chi connectivity index (χ1v) is 7.55. The Bertz CT molecular complexity index is 424. The van der Waals surface area contributed by atoms with Crippen LogP contribution in [0.5, 0.6) is 0 Å². The van der Waals surface area contributed by atoms with Crippen LogP contribution in [-0.2, 0) is 4.79 Å². The molecule has 6 heteroatoms. The van der Waals surface area contributed by atoms with Gasteiger partial charge in [0, 0.05) is 25.7 Å². The van der Waals surface area contributed by atoms with Crippen LogP contribution in [0, 0.1) is 5.92 Å². The molecule has 2 N–H and O–H groups in total. The van der Waals surface area contributed by atoms with Crippen molar-refractivity contribution in [2.75, 3.05) is 26.2 Å². The second-order valence-corrected chi connectivity index (χ2v) is 6.49. The molecule has 0 aromatic carbocycles. The molecule has 0 aromatic heterocycles. The summed E-state index contributed by atoms with van der Waals surface area (Å²) in [6.07, 6.45) is 4.12. The summed E-state index contributed by atoms with van der Waals surface area (Å²) >= 11 is 0. The smallest absolute Gasteiger partial charge is 0.329 e. The highest BCUT2D eigenvalue weighted by Gasteiger charge is 2.49. The van der Waals surface area contributed by atoms with Gasteiger partial charge in [-0.15, -0.1) is 0 Å². The molecule has 3 aliphatic rings. The largest absolute Gasteiger partial charge is 0.480 e. The van der Waals surface area contributed by atoms with Crippen molar-refractivity contribution in [1.29, 1.82) is 0 Å². The first-order chi connectivity index (χ1) is 9.50. The summed E-state index contributed by atoms with van der Waals surface area (Å²) in [5.74, 6) is -0.843. The topological polar surface area (TPSA) is 72.9 Å². The van der Waals surface area contributed by atoms with E-state index < -0.39 is 11.5 Å². The third-order valence-corrected chi connectivity index (χ3v) is 5.08. The van der Waals surface area contributed by atoms with Crippen LogP contribution in [-0.4, -0.2) is 64.7 Å². The Kier molecular flexibility index (Phi) is 3.36. The number of aliphatic carboxylic acids is 1. The van der Waals surface area contributed by atoms with Crippen LogP contribution in [0.2, 0.25) is 0 Å². The van der Waals surface area contributed by atoms with E-state index in [9.17, 15) is 14.7 Å². The van der Waals surface area contributed by atoms with Crippen LogP contribution in [0.15, 0.2) is 0 Å². The number of piperazine rings is 1. The quantitative estimate of drug-likeness (QED) is 0.800. The second kappa shape index (κ2) is 4.91. The monoisotopic (exact) mass is 281 g/mol. The average Bonchev–Trinajstić information content (AvgIpc) is 3.16. The van der Waals surface area contributed by atoms with Crippen molar-refractivity contribution in [2.45, 2.75) is 44.2 Å². The molecule has 112 valence electrons. The van der Waals surface area contributed by atoms with Gasteiger partial charge in [-0.2, -0.15) is 0 Å². The summed E-state index contributed by atoms with van der Waals surface area (Å²) in [6.45, 7) is 5.10. The van der Waals surface area contributed by atoms with E-state index in [0.29, 0.717) is 12.6 Å². The Morgan fingerprint density at radius 2 is 1.95 bits per heavy atom. The van der Waals surface area contributed by atoms with Gasteiger partial charge >= 0.3 is 12.0 Å². The van der Waals surface area contributed by atoms with Gasteiger partial charge in [-0.05, 0) is 45.1 Å². The molecule has 1 aliphatic carbocycles. The molecular weight excluding hydrogens is 258 g/mol. The van der Waals surface area contributed by atoms with E-state index in [4.69, 9.17) is 0 Å². The van der Waals surface area contributed by atoms with Crippen molar-refractivity contribution >= 4 is 12.0 Å². The lowest BCUT2D eigenvalue weighted by Gasteiger charge is -2.39. The van der Waals surface area contributed by atoms with Gasteiger partial charge in [0.05, 0.1) is 0 Å². The van der Waals surface area contributed by atoms with Crippen molar-refractivity contribution in [3.8, 4) is 0 Å². The number of nitrogens with one attached hydrogen (secondary N) is 1. The fourth-order valence-electron chi connectivity index (χ4n) is 3.47. The van der Waals surface area contributed by atoms with Gasteiger partial charge in [-0.3, -0.25) is 4.90 Å². The first-order valence-electron chi connectivity index (χ1n) is 7.55. The summed E-state index contributed by atoms with van der Waals surface area (Å²) in [6, 6.07) is 0.250. The highest BCUT2D eigenvalue weighted by Crippen LogP contribution is 2.39. The Morgan fingerprint density at radius 1 is 1.20 bits per heavy atom. The highest BCUT2D eigenvalue weighted by atomic mass is 16.4. The third kappa shape index (κ3) is 2.37. The molecule has 6 nitrogen and oxygen atoms in total. The summed E-state index contributed by atoms with van der Waals surface area (Å²) in [4.78, 5) is 28.1. The molecule has 0 aromatic rings. The first kappa shape index (κ1) is 13.7. The van der Waals surface area contributed by atoms with Gasteiger partial charge < -0.3 is 15.3 Å². The Hall–Kier alpha value is -1.30. The molecule has 20 heavy (non-hydrogen) atoms. The normalized spacial score (nSPS) is 29.6. The van der Waals surface area contributed by atoms with Gasteiger partial charge in [-0.25, -0.2) is 9.59 Å². The lowest BCUT2D eigenvalue weighted by Crippen LogP contribution is -2.61. The van der Waals surface area contributed by atoms with E-state index in [-0.39, 0.29) is 11.9 Å². The van der Waals surface area contributed by atoms with Gasteiger partial charge in [0.2, 0.25) is 0 Å². The summed E-state index contributed by atoms with van der Waals surface area (Å²) < 4.78 is 0. The molecule has 2 atom stereocenters. The predicted octanol–water partition coefficient (Wildman–Crippen LogP) is 0.729. The summed E-state index contributed by atoms with van der Waals surface area (Å²) in [7, 11) is 0. The number of carbonyl (C=O) groups is 2. The number of carboxylic acid groups (broad SMARTS) is 1. The number of fused-ring (bicyclic) bond motifs is 1. The number of urea groups is 1. The number of rotatable bonds is 3. The van der Waals surface area contributed by atoms with E-state index >= 15 is 0 Å². The van der Waals surface area contributed by atoms with Crippen molar-refractivity contribution in [3.05, 3.63) is 0 Å². The zero-order chi connectivity index (χ0) is 14.3. The number of hydrogen-bond donors (Lipinski definition) is 2. The number of hydrogen-bond acceptors (Lipinski definition) is 3. The zero-order valence-electron chi connectivity index (χ0n) is 12.0. The van der Waals surface area contributed by atoms with Crippen molar-refractivity contribution in [2.24, 2.45) is 5.92 Å². The molecule has 1 saturated carbocycles. The van der Waals surface area contributed by atoms with E-state index in [1.54, 1.807) is 11.8 Å². The number of nitrogens with zero attached hydrogens (tertiary/aromatic N) is 2. The Labute approximate surface area is 119 Å². The van der Waals surface area contributed by atoms with Crippen LogP contribution < -0.4 is 5.32 Å². The lowest BCUT2D eigenvalue weighted by atomic mass is 9.96. The number of carboxylic acids is 1. The van der Waals surface area contributed by atoms with E-state index in [0.717, 1.165) is 38.9 Å². The minimum atomic E-state index is -1.11. The van der Waals surface area contributed by atoms with Crippen molar-refractivity contribution in [3.63, 3.8) is 0 Å². The minimum absolute atomic E-state index is 0.0803. The number of carbonyl (C=O) groups excluding carboxylic acids is 1. The lowest BCUT2D eigenvalue weighted by molar-refractivity contribution is -0.144. The summed E-state index contributed by atoms with van der Waals surface area (Å²) in [5.41, 5.74) is -1.11. The van der Waals surface area contributed by atoms with Crippen LogP contribution >= 0.6 is 0 Å². The van der Waals surface area contributed by atoms with Crippen LogP contribution in [0.25, 0.3) is 0 Å².